The molecule has 2 rings (SSSR count). The summed E-state index contributed by atoms with van der Waals surface area (Å²) in [6.07, 6.45) is 2.51. The maximum atomic E-state index is 12.0. The highest BCUT2D eigenvalue weighted by Crippen LogP contribution is 2.13. The van der Waals surface area contributed by atoms with Crippen LogP contribution in [0.1, 0.15) is 44.0 Å². The lowest BCUT2D eigenvalue weighted by Crippen LogP contribution is -2.33. The first-order chi connectivity index (χ1) is 12.7. The second-order valence-electron chi connectivity index (χ2n) is 7.03. The number of alkyl carbamates (subject to hydrolysis) is 1. The van der Waals surface area contributed by atoms with E-state index < -0.39 is 23.2 Å². The van der Waals surface area contributed by atoms with Crippen molar-refractivity contribution < 1.29 is 24.2 Å². The largest absolute Gasteiger partial charge is 0.492 e. The number of carbonyl (C=O) groups excluding carboxylic acids is 1. The molecule has 0 bridgehead atoms. The Labute approximate surface area is 156 Å². The van der Waals surface area contributed by atoms with Crippen LogP contribution in [0.25, 0.3) is 5.52 Å². The number of hydrogen-bond acceptors (Lipinski definition) is 5. The van der Waals surface area contributed by atoms with Gasteiger partial charge in [0.1, 0.15) is 11.4 Å². The SMILES string of the molecule is CC(C)(C)OC(=O)NCCCCOc1ccc2cc(C(=O)O)cc(=O)n2c1. The smallest absolute Gasteiger partial charge is 0.407 e. The molecule has 2 heterocycles. The van der Waals surface area contributed by atoms with Crippen molar-refractivity contribution in [2.45, 2.75) is 39.2 Å². The van der Waals surface area contributed by atoms with Gasteiger partial charge in [0.05, 0.1) is 18.4 Å². The highest BCUT2D eigenvalue weighted by Gasteiger charge is 2.15. The van der Waals surface area contributed by atoms with Gasteiger partial charge >= 0.3 is 12.1 Å². The van der Waals surface area contributed by atoms with Gasteiger partial charge in [0.25, 0.3) is 5.56 Å². The number of aromatic carboxylic acids is 1. The third kappa shape index (κ3) is 6.32. The van der Waals surface area contributed by atoms with Crippen LogP contribution in [0.4, 0.5) is 4.79 Å². The Morgan fingerprint density at radius 2 is 1.93 bits per heavy atom. The minimum Gasteiger partial charge on any atom is -0.492 e. The Hall–Kier alpha value is -3.03. The molecule has 0 aliphatic rings. The monoisotopic (exact) mass is 376 g/mol. The molecule has 2 N–H and O–H groups in total. The molecule has 0 saturated heterocycles. The number of amides is 1. The molecule has 0 unspecified atom stereocenters. The van der Waals surface area contributed by atoms with E-state index in [1.807, 2.05) is 0 Å². The van der Waals surface area contributed by atoms with Gasteiger partial charge in [-0.25, -0.2) is 9.59 Å². The molecule has 2 aromatic rings. The lowest BCUT2D eigenvalue weighted by molar-refractivity contribution is 0.0525. The van der Waals surface area contributed by atoms with E-state index in [-0.39, 0.29) is 5.56 Å². The Morgan fingerprint density at radius 1 is 1.19 bits per heavy atom. The zero-order chi connectivity index (χ0) is 20.0. The van der Waals surface area contributed by atoms with E-state index in [0.717, 1.165) is 12.5 Å². The van der Waals surface area contributed by atoms with Crippen molar-refractivity contribution >= 4 is 17.6 Å². The topological polar surface area (TPSA) is 106 Å². The third-order valence-electron chi connectivity index (χ3n) is 3.53. The van der Waals surface area contributed by atoms with Gasteiger partial charge in [0.15, 0.2) is 0 Å². The Balaban J connectivity index is 1.81. The van der Waals surface area contributed by atoms with Crippen molar-refractivity contribution in [2.75, 3.05) is 13.2 Å². The standard InChI is InChI=1S/C19H24N2O6/c1-19(2,3)27-18(25)20-8-4-5-9-26-15-7-6-14-10-13(17(23)24)11-16(22)21(14)12-15/h6-7,10-12H,4-5,8-9H2,1-3H3,(H,20,25)(H,23,24). The molecule has 0 fully saturated rings. The number of ether oxygens (including phenoxy) is 2. The average molecular weight is 376 g/mol. The summed E-state index contributed by atoms with van der Waals surface area (Å²) >= 11 is 0. The van der Waals surface area contributed by atoms with Crippen molar-refractivity contribution in [3.8, 4) is 5.75 Å². The molecule has 0 radical (unpaired) electrons. The summed E-state index contributed by atoms with van der Waals surface area (Å²) in [6, 6.07) is 5.81. The van der Waals surface area contributed by atoms with E-state index in [4.69, 9.17) is 14.6 Å². The minimum atomic E-state index is -1.14. The van der Waals surface area contributed by atoms with E-state index in [0.29, 0.717) is 30.8 Å². The van der Waals surface area contributed by atoms with E-state index in [9.17, 15) is 14.4 Å². The minimum absolute atomic E-state index is 0.0499. The van der Waals surface area contributed by atoms with Gasteiger partial charge in [0, 0.05) is 18.1 Å². The molecule has 146 valence electrons. The van der Waals surface area contributed by atoms with Gasteiger partial charge in [-0.3, -0.25) is 9.20 Å². The van der Waals surface area contributed by atoms with Crippen LogP contribution in [0, 0.1) is 0 Å². The lowest BCUT2D eigenvalue weighted by atomic mass is 10.2. The summed E-state index contributed by atoms with van der Waals surface area (Å²) in [7, 11) is 0. The van der Waals surface area contributed by atoms with Crippen LogP contribution in [0.3, 0.4) is 0 Å². The van der Waals surface area contributed by atoms with Gasteiger partial charge in [0.2, 0.25) is 0 Å². The molecule has 0 aromatic carbocycles. The first kappa shape index (κ1) is 20.3. The van der Waals surface area contributed by atoms with E-state index in [2.05, 4.69) is 5.32 Å². The normalized spacial score (nSPS) is 11.2. The second kappa shape index (κ2) is 8.57. The van der Waals surface area contributed by atoms with Crippen LogP contribution >= 0.6 is 0 Å². The number of rotatable bonds is 7. The molecule has 0 saturated carbocycles. The summed E-state index contributed by atoms with van der Waals surface area (Å²) < 4.78 is 12.1. The molecule has 2 aromatic heterocycles. The van der Waals surface area contributed by atoms with Crippen molar-refractivity contribution in [1.82, 2.24) is 9.72 Å². The number of aromatic nitrogens is 1. The zero-order valence-corrected chi connectivity index (χ0v) is 15.7. The first-order valence-corrected chi connectivity index (χ1v) is 8.65. The summed E-state index contributed by atoms with van der Waals surface area (Å²) in [5.41, 5.74) is -0.524. The molecular weight excluding hydrogens is 352 g/mol. The molecule has 8 nitrogen and oxygen atoms in total. The van der Waals surface area contributed by atoms with Crippen molar-refractivity contribution in [3.63, 3.8) is 0 Å². The fraction of sp³-hybridized carbons (Fsp3) is 0.421. The van der Waals surface area contributed by atoms with Gasteiger partial charge < -0.3 is 19.9 Å². The average Bonchev–Trinajstić information content (AvgIpc) is 2.56. The quantitative estimate of drug-likeness (QED) is 0.720. The van der Waals surface area contributed by atoms with E-state index >= 15 is 0 Å². The van der Waals surface area contributed by atoms with E-state index in [1.165, 1.54) is 16.7 Å². The second-order valence-corrected chi connectivity index (χ2v) is 7.03. The zero-order valence-electron chi connectivity index (χ0n) is 15.7. The number of pyridine rings is 2. The van der Waals surface area contributed by atoms with Crippen molar-refractivity contribution in [1.29, 1.82) is 0 Å². The number of unbranched alkanes of at least 4 members (excludes halogenated alkanes) is 1. The highest BCUT2D eigenvalue weighted by atomic mass is 16.6. The Bertz CT molecular complexity index is 882. The number of nitrogens with one attached hydrogen (secondary N) is 1. The predicted octanol–water partition coefficient (Wildman–Crippen LogP) is 2.68. The Kier molecular flexibility index (Phi) is 6.44. The molecule has 27 heavy (non-hydrogen) atoms. The van der Waals surface area contributed by atoms with Gasteiger partial charge in [-0.05, 0) is 51.8 Å². The molecule has 0 atom stereocenters. The van der Waals surface area contributed by atoms with Crippen LogP contribution in [-0.2, 0) is 4.74 Å². The molecule has 0 aliphatic carbocycles. The van der Waals surface area contributed by atoms with Crippen LogP contribution < -0.4 is 15.6 Å². The molecule has 1 amide bonds. The predicted molar refractivity (Wildman–Crippen MR) is 99.6 cm³/mol. The molecule has 0 spiro atoms. The number of carbonyl (C=O) groups is 2. The van der Waals surface area contributed by atoms with Gasteiger partial charge in [-0.2, -0.15) is 0 Å². The maximum Gasteiger partial charge on any atom is 0.407 e. The van der Waals surface area contributed by atoms with Crippen molar-refractivity contribution in [3.05, 3.63) is 46.4 Å². The third-order valence-corrected chi connectivity index (χ3v) is 3.53. The fourth-order valence-corrected chi connectivity index (χ4v) is 2.34. The molecule has 8 heteroatoms. The number of nitrogens with zero attached hydrogens (tertiary/aromatic N) is 1. The number of hydrogen-bond donors (Lipinski definition) is 2. The molecular formula is C19H24N2O6. The lowest BCUT2D eigenvalue weighted by Gasteiger charge is -2.19. The maximum absolute atomic E-state index is 12.0. The fourth-order valence-electron chi connectivity index (χ4n) is 2.34. The van der Waals surface area contributed by atoms with E-state index in [1.54, 1.807) is 32.9 Å². The highest BCUT2D eigenvalue weighted by molar-refractivity contribution is 5.88. The first-order valence-electron chi connectivity index (χ1n) is 8.65. The van der Waals surface area contributed by atoms with Crippen LogP contribution in [-0.4, -0.2) is 40.3 Å². The van der Waals surface area contributed by atoms with Crippen LogP contribution in [0.15, 0.2) is 35.3 Å². The number of carboxylic acid groups (broad SMARTS) is 1. The summed E-state index contributed by atoms with van der Waals surface area (Å²) in [5.74, 6) is -0.636. The summed E-state index contributed by atoms with van der Waals surface area (Å²) in [6.45, 7) is 6.31. The summed E-state index contributed by atoms with van der Waals surface area (Å²) in [4.78, 5) is 34.5. The molecule has 0 aliphatic heterocycles. The van der Waals surface area contributed by atoms with Gasteiger partial charge in [-0.1, -0.05) is 0 Å². The number of fused-ring (bicyclic) bond motifs is 1. The van der Waals surface area contributed by atoms with Crippen LogP contribution in [0.2, 0.25) is 0 Å². The summed E-state index contributed by atoms with van der Waals surface area (Å²) in [5, 5.41) is 11.7. The van der Waals surface area contributed by atoms with Crippen LogP contribution in [0.5, 0.6) is 5.75 Å². The van der Waals surface area contributed by atoms with Crippen molar-refractivity contribution in [2.24, 2.45) is 0 Å². The van der Waals surface area contributed by atoms with Gasteiger partial charge in [-0.15, -0.1) is 0 Å². The number of carboxylic acids is 1. The Morgan fingerprint density at radius 3 is 2.59 bits per heavy atom.